The van der Waals surface area contributed by atoms with Gasteiger partial charge in [0.05, 0.1) is 6.20 Å². The summed E-state index contributed by atoms with van der Waals surface area (Å²) in [7, 11) is 3.81. The first-order valence-electron chi connectivity index (χ1n) is 5.39. The van der Waals surface area contributed by atoms with Crippen LogP contribution in [0.1, 0.15) is 5.56 Å². The zero-order valence-electron chi connectivity index (χ0n) is 9.87. The Morgan fingerprint density at radius 3 is 2.65 bits per heavy atom. The molecule has 1 heterocycles. The zero-order chi connectivity index (χ0) is 12.3. The second-order valence-corrected chi connectivity index (χ2v) is 4.19. The maximum absolute atomic E-state index is 5.83. The molecule has 90 valence electrons. The number of hydrogen-bond acceptors (Lipinski definition) is 3. The Labute approximate surface area is 106 Å². The van der Waals surface area contributed by atoms with Crippen molar-refractivity contribution in [3.63, 3.8) is 0 Å². The lowest BCUT2D eigenvalue weighted by Gasteiger charge is -2.08. The van der Waals surface area contributed by atoms with Gasteiger partial charge in [0.1, 0.15) is 5.82 Å². The van der Waals surface area contributed by atoms with E-state index in [1.807, 2.05) is 49.2 Å². The molecule has 0 saturated carbocycles. The van der Waals surface area contributed by atoms with E-state index in [0.29, 0.717) is 0 Å². The van der Waals surface area contributed by atoms with Gasteiger partial charge in [0.2, 0.25) is 0 Å². The van der Waals surface area contributed by atoms with Crippen molar-refractivity contribution in [1.82, 2.24) is 9.78 Å². The first-order valence-corrected chi connectivity index (χ1v) is 5.76. The molecule has 2 N–H and O–H groups in total. The van der Waals surface area contributed by atoms with Crippen LogP contribution in [0.3, 0.4) is 0 Å². The average Bonchev–Trinajstić information content (AvgIpc) is 2.69. The second kappa shape index (κ2) is 5.10. The van der Waals surface area contributed by atoms with E-state index in [4.69, 9.17) is 11.6 Å². The van der Waals surface area contributed by atoms with E-state index in [1.54, 1.807) is 0 Å². The molecule has 0 saturated heterocycles. The monoisotopic (exact) mass is 250 g/mol. The lowest BCUT2D eigenvalue weighted by molar-refractivity contribution is 0.774. The SMILES string of the molecule is CNc1c(CNc2ccc(Cl)cc2)cnn1C. The lowest BCUT2D eigenvalue weighted by atomic mass is 10.3. The van der Waals surface area contributed by atoms with E-state index in [-0.39, 0.29) is 0 Å². The third-order valence-corrected chi connectivity index (χ3v) is 2.83. The highest BCUT2D eigenvalue weighted by Crippen LogP contribution is 2.17. The van der Waals surface area contributed by atoms with Gasteiger partial charge in [-0.1, -0.05) is 11.6 Å². The number of nitrogens with one attached hydrogen (secondary N) is 2. The van der Waals surface area contributed by atoms with Crippen LogP contribution in [0, 0.1) is 0 Å². The van der Waals surface area contributed by atoms with Crippen LogP contribution >= 0.6 is 11.6 Å². The largest absolute Gasteiger partial charge is 0.381 e. The molecule has 17 heavy (non-hydrogen) atoms. The fourth-order valence-corrected chi connectivity index (χ4v) is 1.83. The molecule has 0 bridgehead atoms. The summed E-state index contributed by atoms with van der Waals surface area (Å²) in [6.45, 7) is 0.728. The van der Waals surface area contributed by atoms with Gasteiger partial charge in [-0.2, -0.15) is 5.10 Å². The highest BCUT2D eigenvalue weighted by molar-refractivity contribution is 6.30. The number of benzene rings is 1. The summed E-state index contributed by atoms with van der Waals surface area (Å²) < 4.78 is 1.82. The Kier molecular flexibility index (Phi) is 3.54. The molecule has 0 aliphatic heterocycles. The van der Waals surface area contributed by atoms with E-state index in [9.17, 15) is 0 Å². The van der Waals surface area contributed by atoms with Gasteiger partial charge in [-0.05, 0) is 24.3 Å². The number of anilines is 2. The fraction of sp³-hybridized carbons (Fsp3) is 0.250. The third kappa shape index (κ3) is 2.71. The van der Waals surface area contributed by atoms with Crippen LogP contribution in [-0.4, -0.2) is 16.8 Å². The van der Waals surface area contributed by atoms with E-state index >= 15 is 0 Å². The van der Waals surface area contributed by atoms with Crippen molar-refractivity contribution in [3.8, 4) is 0 Å². The summed E-state index contributed by atoms with van der Waals surface area (Å²) >= 11 is 5.83. The molecule has 4 nitrogen and oxygen atoms in total. The predicted octanol–water partition coefficient (Wildman–Crippen LogP) is 2.73. The van der Waals surface area contributed by atoms with Crippen LogP contribution in [0.5, 0.6) is 0 Å². The summed E-state index contributed by atoms with van der Waals surface area (Å²) in [4.78, 5) is 0. The molecule has 1 aromatic carbocycles. The summed E-state index contributed by atoms with van der Waals surface area (Å²) in [6.07, 6.45) is 1.86. The molecule has 2 aromatic rings. The van der Waals surface area contributed by atoms with Crippen LogP contribution in [0.15, 0.2) is 30.5 Å². The van der Waals surface area contributed by atoms with Crippen LogP contribution < -0.4 is 10.6 Å². The maximum atomic E-state index is 5.83. The number of nitrogens with zero attached hydrogens (tertiary/aromatic N) is 2. The number of rotatable bonds is 4. The van der Waals surface area contributed by atoms with Crippen LogP contribution in [0.25, 0.3) is 0 Å². The van der Waals surface area contributed by atoms with Gasteiger partial charge in [0.25, 0.3) is 0 Å². The quantitative estimate of drug-likeness (QED) is 0.877. The van der Waals surface area contributed by atoms with Crippen molar-refractivity contribution >= 4 is 23.1 Å². The average molecular weight is 251 g/mol. The minimum atomic E-state index is 0.728. The Balaban J connectivity index is 2.04. The van der Waals surface area contributed by atoms with E-state index < -0.39 is 0 Å². The number of halogens is 1. The number of hydrogen-bond donors (Lipinski definition) is 2. The molecule has 1 aromatic heterocycles. The van der Waals surface area contributed by atoms with E-state index in [0.717, 1.165) is 28.6 Å². The molecule has 0 fully saturated rings. The summed E-state index contributed by atoms with van der Waals surface area (Å²) in [5, 5.41) is 11.4. The fourth-order valence-electron chi connectivity index (χ4n) is 1.70. The van der Waals surface area contributed by atoms with Gasteiger partial charge >= 0.3 is 0 Å². The highest BCUT2D eigenvalue weighted by Gasteiger charge is 2.05. The van der Waals surface area contributed by atoms with Crippen molar-refractivity contribution in [2.75, 3.05) is 17.7 Å². The summed E-state index contributed by atoms with van der Waals surface area (Å²) in [6, 6.07) is 7.65. The lowest BCUT2D eigenvalue weighted by Crippen LogP contribution is -2.04. The normalized spacial score (nSPS) is 10.3. The van der Waals surface area contributed by atoms with Gasteiger partial charge in [-0.3, -0.25) is 4.68 Å². The van der Waals surface area contributed by atoms with Gasteiger partial charge < -0.3 is 10.6 Å². The van der Waals surface area contributed by atoms with Gasteiger partial charge in [-0.25, -0.2) is 0 Å². The first-order chi connectivity index (χ1) is 8.20. The summed E-state index contributed by atoms with van der Waals surface area (Å²) in [5.41, 5.74) is 2.17. The Hall–Kier alpha value is -1.68. The molecule has 0 amide bonds. The number of aryl methyl sites for hydroxylation is 1. The first kappa shape index (κ1) is 11.8. The van der Waals surface area contributed by atoms with E-state index in [1.165, 1.54) is 0 Å². The molecule has 0 atom stereocenters. The zero-order valence-corrected chi connectivity index (χ0v) is 10.6. The standard InChI is InChI=1S/C12H15ClN4/c1-14-12-9(8-16-17(12)2)7-15-11-5-3-10(13)4-6-11/h3-6,8,14-15H,7H2,1-2H3. The van der Waals surface area contributed by atoms with Crippen LogP contribution in [0.2, 0.25) is 5.02 Å². The Bertz CT molecular complexity index is 490. The molecular weight excluding hydrogens is 236 g/mol. The summed E-state index contributed by atoms with van der Waals surface area (Å²) in [5.74, 6) is 1.02. The molecule has 0 unspecified atom stereocenters. The Morgan fingerprint density at radius 2 is 2.00 bits per heavy atom. The van der Waals surface area contributed by atoms with Gasteiger partial charge in [0.15, 0.2) is 0 Å². The second-order valence-electron chi connectivity index (χ2n) is 3.75. The predicted molar refractivity (Wildman–Crippen MR) is 71.5 cm³/mol. The van der Waals surface area contributed by atoms with Gasteiger partial charge in [-0.15, -0.1) is 0 Å². The molecule has 2 rings (SSSR count). The van der Waals surface area contributed by atoms with Gasteiger partial charge in [0, 0.05) is 36.9 Å². The maximum Gasteiger partial charge on any atom is 0.128 e. The molecule has 5 heteroatoms. The molecule has 0 aliphatic rings. The molecule has 0 radical (unpaired) electrons. The molecule has 0 spiro atoms. The van der Waals surface area contributed by atoms with Crippen LogP contribution in [0.4, 0.5) is 11.5 Å². The number of aromatic nitrogens is 2. The molecular formula is C12H15ClN4. The topological polar surface area (TPSA) is 41.9 Å². The van der Waals surface area contributed by atoms with Crippen LogP contribution in [-0.2, 0) is 13.6 Å². The van der Waals surface area contributed by atoms with Crippen molar-refractivity contribution < 1.29 is 0 Å². The minimum absolute atomic E-state index is 0.728. The minimum Gasteiger partial charge on any atom is -0.381 e. The highest BCUT2D eigenvalue weighted by atomic mass is 35.5. The third-order valence-electron chi connectivity index (χ3n) is 2.58. The van der Waals surface area contributed by atoms with Crippen molar-refractivity contribution in [2.24, 2.45) is 7.05 Å². The van der Waals surface area contributed by atoms with Crippen molar-refractivity contribution in [1.29, 1.82) is 0 Å². The Morgan fingerprint density at radius 1 is 1.29 bits per heavy atom. The van der Waals surface area contributed by atoms with E-state index in [2.05, 4.69) is 15.7 Å². The van der Waals surface area contributed by atoms with Crippen molar-refractivity contribution in [2.45, 2.75) is 6.54 Å². The molecule has 0 aliphatic carbocycles. The van der Waals surface area contributed by atoms with Crippen molar-refractivity contribution in [3.05, 3.63) is 41.0 Å². The smallest absolute Gasteiger partial charge is 0.128 e.